The minimum atomic E-state index is -0.406. The average molecular weight is 495 g/mol. The first kappa shape index (κ1) is 22.6. The molecule has 2 amide bonds. The van der Waals surface area contributed by atoms with Gasteiger partial charge in [-0.25, -0.2) is 4.79 Å². The van der Waals surface area contributed by atoms with E-state index in [4.69, 9.17) is 9.51 Å². The van der Waals surface area contributed by atoms with Crippen LogP contribution < -0.4 is 10.2 Å². The number of amides is 2. The molecule has 1 aliphatic heterocycles. The van der Waals surface area contributed by atoms with Crippen LogP contribution in [0.4, 0.5) is 10.5 Å². The van der Waals surface area contributed by atoms with Gasteiger partial charge in [-0.1, -0.05) is 41.6 Å². The van der Waals surface area contributed by atoms with Gasteiger partial charge in [-0.05, 0) is 85.5 Å². The Morgan fingerprint density at radius 2 is 1.78 bits per heavy atom. The summed E-state index contributed by atoms with van der Waals surface area (Å²) in [6.45, 7) is 1.95. The molecule has 36 heavy (non-hydrogen) atoms. The van der Waals surface area contributed by atoms with E-state index < -0.39 is 6.04 Å². The van der Waals surface area contributed by atoms with Crippen LogP contribution in [-0.2, 0) is 12.8 Å². The number of nitrogens with one attached hydrogen (secondary N) is 1. The number of thioether (sulfide) groups is 1. The van der Waals surface area contributed by atoms with Crippen molar-refractivity contribution in [1.29, 1.82) is 0 Å². The third-order valence-electron chi connectivity index (χ3n) is 6.96. The highest BCUT2D eigenvalue weighted by Crippen LogP contribution is 2.40. The highest BCUT2D eigenvalue weighted by Gasteiger charge is 2.36. The number of urea groups is 1. The van der Waals surface area contributed by atoms with Gasteiger partial charge in [0, 0.05) is 16.2 Å². The van der Waals surface area contributed by atoms with Crippen molar-refractivity contribution in [2.75, 3.05) is 11.2 Å². The van der Waals surface area contributed by atoms with Gasteiger partial charge in [0.05, 0.1) is 17.3 Å². The number of hydrogen-bond donors (Lipinski definition) is 1. The summed E-state index contributed by atoms with van der Waals surface area (Å²) in [7, 11) is 0. The molecule has 0 saturated heterocycles. The topological polar surface area (TPSA) is 71.3 Å². The number of aryl methyl sites for hydroxylation is 2. The lowest BCUT2D eigenvalue weighted by molar-refractivity contribution is 0.244. The molecule has 2 heterocycles. The molecule has 3 aromatic carbocycles. The van der Waals surface area contributed by atoms with Crippen LogP contribution in [0.2, 0.25) is 0 Å². The van der Waals surface area contributed by atoms with Crippen molar-refractivity contribution in [3.8, 4) is 11.4 Å². The first-order chi connectivity index (χ1) is 17.6. The molecular formula is C29H26N4O2S. The van der Waals surface area contributed by atoms with E-state index in [0.717, 1.165) is 47.3 Å². The standard InChI is InChI=1S/C29H26N4O2S/c1-18-25(28-31-27(32-35-28)21-12-15-24(36-2)16-13-21)26(20-7-4-3-5-8-20)30-29(34)33(18)23-14-11-19-9-6-10-22(19)17-23/h3-5,7-8,11-17,26H,6,9-10H2,1-2H3,(H,30,34). The largest absolute Gasteiger partial charge is 0.334 e. The number of nitrogens with zero attached hydrogens (tertiary/aromatic N) is 3. The fraction of sp³-hybridized carbons (Fsp3) is 0.207. The van der Waals surface area contributed by atoms with Crippen LogP contribution in [0.25, 0.3) is 17.0 Å². The Bertz CT molecular complexity index is 1460. The summed E-state index contributed by atoms with van der Waals surface area (Å²) in [6.07, 6.45) is 5.35. The maximum Gasteiger partial charge on any atom is 0.326 e. The van der Waals surface area contributed by atoms with Crippen molar-refractivity contribution in [3.63, 3.8) is 0 Å². The summed E-state index contributed by atoms with van der Waals surface area (Å²) in [4.78, 5) is 21.1. The Balaban J connectivity index is 1.46. The van der Waals surface area contributed by atoms with Gasteiger partial charge in [-0.3, -0.25) is 4.90 Å². The smallest absolute Gasteiger partial charge is 0.326 e. The van der Waals surface area contributed by atoms with Crippen molar-refractivity contribution in [2.24, 2.45) is 0 Å². The summed E-state index contributed by atoms with van der Waals surface area (Å²) >= 11 is 1.69. The predicted molar refractivity (Wildman–Crippen MR) is 143 cm³/mol. The van der Waals surface area contributed by atoms with E-state index in [-0.39, 0.29) is 6.03 Å². The van der Waals surface area contributed by atoms with Gasteiger partial charge in [-0.2, -0.15) is 4.98 Å². The lowest BCUT2D eigenvalue weighted by Gasteiger charge is -2.35. The van der Waals surface area contributed by atoms with Crippen molar-refractivity contribution in [1.82, 2.24) is 15.5 Å². The first-order valence-corrected chi connectivity index (χ1v) is 13.3. The molecule has 0 spiro atoms. The molecule has 1 aliphatic carbocycles. The van der Waals surface area contributed by atoms with Gasteiger partial charge in [0.2, 0.25) is 5.82 Å². The summed E-state index contributed by atoms with van der Waals surface area (Å²) in [5.41, 5.74) is 6.94. The normalized spacial score (nSPS) is 17.3. The molecule has 6 nitrogen and oxygen atoms in total. The van der Waals surface area contributed by atoms with Crippen LogP contribution in [0.5, 0.6) is 0 Å². The van der Waals surface area contributed by atoms with Gasteiger partial charge in [0.25, 0.3) is 5.89 Å². The molecule has 0 radical (unpaired) electrons. The molecule has 2 aliphatic rings. The molecule has 1 atom stereocenters. The molecule has 7 heteroatoms. The molecule has 180 valence electrons. The van der Waals surface area contributed by atoms with E-state index in [9.17, 15) is 4.79 Å². The quantitative estimate of drug-likeness (QED) is 0.315. The molecular weight excluding hydrogens is 468 g/mol. The number of carbonyl (C=O) groups is 1. The summed E-state index contributed by atoms with van der Waals surface area (Å²) < 4.78 is 5.83. The number of fused-ring (bicyclic) bond motifs is 1. The third kappa shape index (κ3) is 3.99. The van der Waals surface area contributed by atoms with Crippen LogP contribution in [0, 0.1) is 0 Å². The van der Waals surface area contributed by atoms with Gasteiger partial charge in [0.15, 0.2) is 0 Å². The Kier molecular flexibility index (Phi) is 5.85. The second-order valence-electron chi connectivity index (χ2n) is 9.09. The van der Waals surface area contributed by atoms with E-state index in [2.05, 4.69) is 22.6 Å². The number of rotatable bonds is 5. The molecule has 4 aromatic rings. The third-order valence-corrected chi connectivity index (χ3v) is 7.71. The molecule has 1 aromatic heterocycles. The second kappa shape index (κ2) is 9.32. The fourth-order valence-corrected chi connectivity index (χ4v) is 5.52. The van der Waals surface area contributed by atoms with Crippen molar-refractivity contribution in [2.45, 2.75) is 37.1 Å². The number of hydrogen-bond acceptors (Lipinski definition) is 5. The van der Waals surface area contributed by atoms with Crippen LogP contribution in [0.3, 0.4) is 0 Å². The van der Waals surface area contributed by atoms with Gasteiger partial charge < -0.3 is 9.84 Å². The average Bonchev–Trinajstić information content (AvgIpc) is 3.59. The van der Waals surface area contributed by atoms with Gasteiger partial charge in [0.1, 0.15) is 0 Å². The fourth-order valence-electron chi connectivity index (χ4n) is 5.11. The number of anilines is 1. The first-order valence-electron chi connectivity index (χ1n) is 12.1. The van der Waals surface area contributed by atoms with E-state index in [1.165, 1.54) is 16.0 Å². The molecule has 0 bridgehead atoms. The van der Waals surface area contributed by atoms with E-state index in [0.29, 0.717) is 11.7 Å². The lowest BCUT2D eigenvalue weighted by Crippen LogP contribution is -2.46. The number of benzene rings is 3. The monoisotopic (exact) mass is 494 g/mol. The number of carbonyl (C=O) groups excluding carboxylic acids is 1. The van der Waals surface area contributed by atoms with Gasteiger partial charge in [-0.15, -0.1) is 11.8 Å². The zero-order valence-electron chi connectivity index (χ0n) is 20.2. The van der Waals surface area contributed by atoms with Crippen LogP contribution in [0.15, 0.2) is 87.9 Å². The van der Waals surface area contributed by atoms with Crippen LogP contribution in [-0.4, -0.2) is 22.4 Å². The summed E-state index contributed by atoms with van der Waals surface area (Å²) in [5.74, 6) is 0.919. The Labute approximate surface area is 214 Å². The van der Waals surface area contributed by atoms with E-state index in [1.807, 2.05) is 73.8 Å². The molecule has 0 saturated carbocycles. The van der Waals surface area contributed by atoms with E-state index >= 15 is 0 Å². The Hall–Kier alpha value is -3.84. The summed E-state index contributed by atoms with van der Waals surface area (Å²) in [5, 5.41) is 7.48. The number of allylic oxidation sites excluding steroid dienone is 1. The van der Waals surface area contributed by atoms with Crippen molar-refractivity contribution < 1.29 is 9.32 Å². The Morgan fingerprint density at radius 3 is 2.56 bits per heavy atom. The second-order valence-corrected chi connectivity index (χ2v) is 9.97. The highest BCUT2D eigenvalue weighted by atomic mass is 32.2. The van der Waals surface area contributed by atoms with Crippen LogP contribution in [0.1, 0.15) is 42.0 Å². The molecule has 1 N–H and O–H groups in total. The SMILES string of the molecule is CSc1ccc(-c2noc(C3=C(C)N(c4ccc5c(c4)CCC5)C(=O)NC3c3ccccc3)n2)cc1. The number of aromatic nitrogens is 2. The van der Waals surface area contributed by atoms with Crippen molar-refractivity contribution >= 4 is 29.1 Å². The maximum atomic E-state index is 13.5. The van der Waals surface area contributed by atoms with Crippen LogP contribution >= 0.6 is 11.8 Å². The predicted octanol–water partition coefficient (Wildman–Crippen LogP) is 6.65. The zero-order valence-corrected chi connectivity index (χ0v) is 21.0. The highest BCUT2D eigenvalue weighted by molar-refractivity contribution is 7.98. The van der Waals surface area contributed by atoms with Gasteiger partial charge >= 0.3 is 6.03 Å². The molecule has 0 fully saturated rings. The summed E-state index contributed by atoms with van der Waals surface area (Å²) in [6, 6.07) is 23.7. The minimum Gasteiger partial charge on any atom is -0.334 e. The molecule has 6 rings (SSSR count). The maximum absolute atomic E-state index is 13.5. The lowest BCUT2D eigenvalue weighted by atomic mass is 9.94. The Morgan fingerprint density at radius 1 is 1.00 bits per heavy atom. The minimum absolute atomic E-state index is 0.171. The zero-order chi connectivity index (χ0) is 24.6. The molecule has 1 unspecified atom stereocenters. The van der Waals surface area contributed by atoms with E-state index in [1.54, 1.807) is 16.7 Å². The van der Waals surface area contributed by atoms with Crippen molar-refractivity contribution in [3.05, 3.63) is 101 Å².